The van der Waals surface area contributed by atoms with Crippen molar-refractivity contribution in [2.24, 2.45) is 5.92 Å². The van der Waals surface area contributed by atoms with Crippen LogP contribution in [0.2, 0.25) is 0 Å². The highest BCUT2D eigenvalue weighted by Gasteiger charge is 2.30. The van der Waals surface area contributed by atoms with Gasteiger partial charge in [-0.05, 0) is 42.2 Å². The Balaban J connectivity index is 1.53. The fourth-order valence-electron chi connectivity index (χ4n) is 4.12. The van der Waals surface area contributed by atoms with Crippen molar-refractivity contribution in [3.8, 4) is 16.9 Å². The quantitative estimate of drug-likeness (QED) is 0.793. The van der Waals surface area contributed by atoms with Gasteiger partial charge in [-0.2, -0.15) is 0 Å². The smallest absolute Gasteiger partial charge is 0.308 e. The first kappa shape index (κ1) is 18.5. The average Bonchev–Trinajstić information content (AvgIpc) is 3.05. The fourth-order valence-corrected chi connectivity index (χ4v) is 4.12. The molecule has 2 N–H and O–H groups in total. The van der Waals surface area contributed by atoms with E-state index in [0.29, 0.717) is 25.0 Å². The van der Waals surface area contributed by atoms with Gasteiger partial charge < -0.3 is 15.2 Å². The summed E-state index contributed by atoms with van der Waals surface area (Å²) >= 11 is 0. The zero-order chi connectivity index (χ0) is 19.5. The summed E-state index contributed by atoms with van der Waals surface area (Å²) < 4.78 is 5.55. The summed E-state index contributed by atoms with van der Waals surface area (Å²) in [6.07, 6.45) is 8.29. The van der Waals surface area contributed by atoms with Crippen LogP contribution in [-0.2, 0) is 11.2 Å². The molecule has 0 unspecified atom stereocenters. The Labute approximate surface area is 163 Å². The monoisotopic (exact) mass is 380 g/mol. The van der Waals surface area contributed by atoms with Crippen LogP contribution in [0.5, 0.6) is 5.75 Å². The number of nitrogens with one attached hydrogen (secondary N) is 1. The number of carbonyl (C=O) groups is 2. The molecule has 2 atom stereocenters. The van der Waals surface area contributed by atoms with Crippen molar-refractivity contribution in [2.75, 3.05) is 6.61 Å². The van der Waals surface area contributed by atoms with E-state index in [4.69, 9.17) is 4.74 Å². The van der Waals surface area contributed by atoms with E-state index in [1.807, 2.05) is 18.2 Å². The Morgan fingerprint density at radius 2 is 1.93 bits per heavy atom. The maximum atomic E-state index is 12.8. The molecule has 2 aromatic rings. The van der Waals surface area contributed by atoms with Crippen molar-refractivity contribution < 1.29 is 19.4 Å². The summed E-state index contributed by atoms with van der Waals surface area (Å²) in [7, 11) is 0. The van der Waals surface area contributed by atoms with Gasteiger partial charge in [0.2, 0.25) is 0 Å². The van der Waals surface area contributed by atoms with Crippen molar-refractivity contribution in [1.82, 2.24) is 10.3 Å². The summed E-state index contributed by atoms with van der Waals surface area (Å²) in [6.45, 7) is 0.700. The van der Waals surface area contributed by atoms with Crippen LogP contribution >= 0.6 is 0 Å². The van der Waals surface area contributed by atoms with Crippen molar-refractivity contribution >= 4 is 11.9 Å². The first-order chi connectivity index (χ1) is 13.6. The second-order valence-electron chi connectivity index (χ2n) is 7.55. The third-order valence-corrected chi connectivity index (χ3v) is 5.67. The molecule has 1 fully saturated rings. The molecule has 0 bridgehead atoms. The van der Waals surface area contributed by atoms with Gasteiger partial charge in [-0.15, -0.1) is 0 Å². The molecule has 28 heavy (non-hydrogen) atoms. The van der Waals surface area contributed by atoms with Crippen molar-refractivity contribution in [2.45, 2.75) is 44.6 Å². The number of aliphatic carboxylic acids is 1. The lowest BCUT2D eigenvalue weighted by Gasteiger charge is -2.23. The lowest BCUT2D eigenvalue weighted by Crippen LogP contribution is -2.42. The predicted octanol–water partition coefficient (Wildman–Crippen LogP) is 3.45. The normalized spacial score (nSPS) is 21.3. The number of carbonyl (C=O) groups excluding carboxylic acids is 1. The molecule has 1 aromatic heterocycles. The number of carboxylic acids is 1. The van der Waals surface area contributed by atoms with Crippen molar-refractivity contribution in [1.29, 1.82) is 0 Å². The zero-order valence-corrected chi connectivity index (χ0v) is 15.7. The summed E-state index contributed by atoms with van der Waals surface area (Å²) in [5, 5.41) is 12.5. The first-order valence-corrected chi connectivity index (χ1v) is 9.86. The van der Waals surface area contributed by atoms with Crippen LogP contribution in [0.4, 0.5) is 0 Å². The van der Waals surface area contributed by atoms with E-state index in [1.165, 1.54) is 6.20 Å². The third kappa shape index (κ3) is 3.86. The van der Waals surface area contributed by atoms with Crippen molar-refractivity contribution in [3.63, 3.8) is 0 Å². The topological polar surface area (TPSA) is 88.5 Å². The molecule has 6 nitrogen and oxygen atoms in total. The highest BCUT2D eigenvalue weighted by Crippen LogP contribution is 2.30. The van der Waals surface area contributed by atoms with Crippen LogP contribution < -0.4 is 10.1 Å². The Bertz CT molecular complexity index is 896. The number of pyridine rings is 1. The number of hydrogen-bond acceptors (Lipinski definition) is 4. The maximum Gasteiger partial charge on any atom is 0.308 e. The molecule has 1 saturated carbocycles. The van der Waals surface area contributed by atoms with Gasteiger partial charge in [0.25, 0.3) is 5.91 Å². The van der Waals surface area contributed by atoms with Crippen molar-refractivity contribution in [3.05, 3.63) is 47.8 Å². The summed E-state index contributed by atoms with van der Waals surface area (Å²) in [5.41, 5.74) is 3.46. The number of rotatable bonds is 4. The number of benzene rings is 1. The van der Waals surface area contributed by atoms with Gasteiger partial charge in [0, 0.05) is 30.4 Å². The van der Waals surface area contributed by atoms with E-state index in [1.54, 1.807) is 6.20 Å². The van der Waals surface area contributed by atoms with Crippen LogP contribution in [0.3, 0.4) is 0 Å². The fraction of sp³-hybridized carbons (Fsp3) is 0.409. The summed E-state index contributed by atoms with van der Waals surface area (Å²) in [5.74, 6) is -0.714. The first-order valence-electron chi connectivity index (χ1n) is 9.86. The second kappa shape index (κ2) is 8.00. The van der Waals surface area contributed by atoms with Gasteiger partial charge in [0.05, 0.1) is 18.1 Å². The molecule has 2 aliphatic rings. The van der Waals surface area contributed by atoms with Gasteiger partial charge in [0.1, 0.15) is 5.75 Å². The molecule has 6 heteroatoms. The van der Waals surface area contributed by atoms with E-state index < -0.39 is 11.9 Å². The van der Waals surface area contributed by atoms with Gasteiger partial charge >= 0.3 is 5.97 Å². The molecule has 0 radical (unpaired) electrons. The van der Waals surface area contributed by atoms with E-state index in [-0.39, 0.29) is 11.9 Å². The second-order valence-corrected chi connectivity index (χ2v) is 7.55. The third-order valence-electron chi connectivity index (χ3n) is 5.67. The summed E-state index contributed by atoms with van der Waals surface area (Å²) in [4.78, 5) is 28.6. The van der Waals surface area contributed by atoms with E-state index >= 15 is 0 Å². The predicted molar refractivity (Wildman–Crippen MR) is 104 cm³/mol. The average molecular weight is 380 g/mol. The SMILES string of the molecule is O=C(N[C@H]1CCCCC[C@H]1C(=O)O)c1cncc(-c2ccc3c(c2)CCO3)c1. The zero-order valence-electron chi connectivity index (χ0n) is 15.7. The van der Waals surface area contributed by atoms with Gasteiger partial charge in [0.15, 0.2) is 0 Å². The molecule has 0 spiro atoms. The standard InChI is InChI=1S/C22H24N2O4/c25-21(24-19-5-3-1-2-4-18(19)22(26)27)17-11-16(12-23-13-17)14-6-7-20-15(10-14)8-9-28-20/h6-7,10-13,18-19H,1-5,8-9H2,(H,24,25)(H,26,27)/t18-,19+/m1/s1. The Morgan fingerprint density at radius 3 is 2.79 bits per heavy atom. The number of amides is 1. The minimum absolute atomic E-state index is 0.267. The van der Waals surface area contributed by atoms with Crippen LogP contribution in [0.25, 0.3) is 11.1 Å². The molecular formula is C22H24N2O4. The van der Waals surface area contributed by atoms with Crippen LogP contribution in [-0.4, -0.2) is 34.6 Å². The molecule has 1 aliphatic carbocycles. The molecule has 2 heterocycles. The van der Waals surface area contributed by atoms with Gasteiger partial charge in [-0.25, -0.2) is 0 Å². The number of aromatic nitrogens is 1. The number of hydrogen-bond donors (Lipinski definition) is 2. The van der Waals surface area contributed by atoms with E-state index in [9.17, 15) is 14.7 Å². The highest BCUT2D eigenvalue weighted by molar-refractivity contribution is 5.95. The lowest BCUT2D eigenvalue weighted by molar-refractivity contribution is -0.142. The molecule has 146 valence electrons. The Hall–Kier alpha value is -2.89. The minimum atomic E-state index is -0.834. The number of fused-ring (bicyclic) bond motifs is 1. The lowest BCUT2D eigenvalue weighted by atomic mass is 9.94. The van der Waals surface area contributed by atoms with Crippen LogP contribution in [0.15, 0.2) is 36.7 Å². The minimum Gasteiger partial charge on any atom is -0.493 e. The van der Waals surface area contributed by atoms with E-state index in [0.717, 1.165) is 48.1 Å². The molecule has 4 rings (SSSR count). The van der Waals surface area contributed by atoms with E-state index in [2.05, 4.69) is 16.4 Å². The number of carboxylic acid groups (broad SMARTS) is 1. The number of ether oxygens (including phenoxy) is 1. The summed E-state index contributed by atoms with van der Waals surface area (Å²) in [6, 6.07) is 7.47. The maximum absolute atomic E-state index is 12.8. The number of nitrogens with zero attached hydrogens (tertiary/aromatic N) is 1. The van der Waals surface area contributed by atoms with Gasteiger partial charge in [-0.1, -0.05) is 25.3 Å². The highest BCUT2D eigenvalue weighted by atomic mass is 16.5. The molecule has 1 aromatic carbocycles. The van der Waals surface area contributed by atoms with Gasteiger partial charge in [-0.3, -0.25) is 14.6 Å². The molecule has 1 aliphatic heterocycles. The largest absolute Gasteiger partial charge is 0.493 e. The molecular weight excluding hydrogens is 356 g/mol. The molecule has 0 saturated heterocycles. The Kier molecular flexibility index (Phi) is 5.28. The van der Waals surface area contributed by atoms with Crippen LogP contribution in [0.1, 0.15) is 48.0 Å². The molecule has 1 amide bonds. The van der Waals surface area contributed by atoms with Crippen LogP contribution in [0, 0.1) is 5.92 Å². The Morgan fingerprint density at radius 1 is 1.07 bits per heavy atom.